The molecule has 0 saturated heterocycles. The number of ether oxygens (including phenoxy) is 1. The van der Waals surface area contributed by atoms with Gasteiger partial charge >= 0.3 is 5.97 Å². The fourth-order valence-corrected chi connectivity index (χ4v) is 1.72. The molecule has 0 aromatic rings. The van der Waals surface area contributed by atoms with Crippen molar-refractivity contribution in [2.24, 2.45) is 0 Å². The molecule has 1 aliphatic carbocycles. The minimum Gasteiger partial charge on any atom is -0.479 e. The summed E-state index contributed by atoms with van der Waals surface area (Å²) < 4.78 is 31.5. The molecule has 82 valence electrons. The van der Waals surface area contributed by atoms with E-state index in [9.17, 15) is 13.6 Å². The summed E-state index contributed by atoms with van der Waals surface area (Å²) in [5, 5.41) is 8.82. The van der Waals surface area contributed by atoms with Crippen molar-refractivity contribution in [2.75, 3.05) is 6.61 Å². The Bertz CT molecular complexity index is 230. The topological polar surface area (TPSA) is 46.5 Å². The minimum absolute atomic E-state index is 0.0574. The third-order valence-electron chi connectivity index (χ3n) is 2.51. The van der Waals surface area contributed by atoms with Crippen molar-refractivity contribution >= 4 is 5.97 Å². The quantitative estimate of drug-likeness (QED) is 0.769. The lowest BCUT2D eigenvalue weighted by Crippen LogP contribution is -2.52. The standard InChI is InChI=1S/C9H14F2O3/c1-2-6-14-8(7(12)13)4-3-5-9(8,10)11/h2-6H2,1H3,(H,12,13). The van der Waals surface area contributed by atoms with Crippen molar-refractivity contribution in [3.63, 3.8) is 0 Å². The van der Waals surface area contributed by atoms with Crippen molar-refractivity contribution in [3.05, 3.63) is 0 Å². The Morgan fingerprint density at radius 2 is 2.14 bits per heavy atom. The summed E-state index contributed by atoms with van der Waals surface area (Å²) in [6.07, 6.45) is 0.229. The van der Waals surface area contributed by atoms with Crippen molar-refractivity contribution < 1.29 is 23.4 Å². The van der Waals surface area contributed by atoms with Crippen LogP contribution in [0.2, 0.25) is 0 Å². The second-order valence-electron chi connectivity index (χ2n) is 3.54. The van der Waals surface area contributed by atoms with Crippen LogP contribution in [0.1, 0.15) is 32.6 Å². The number of aliphatic carboxylic acids is 1. The van der Waals surface area contributed by atoms with Gasteiger partial charge in [0, 0.05) is 13.0 Å². The largest absolute Gasteiger partial charge is 0.479 e. The van der Waals surface area contributed by atoms with E-state index in [1.165, 1.54) is 0 Å². The summed E-state index contributed by atoms with van der Waals surface area (Å²) in [5.74, 6) is -4.79. The number of carboxylic acids is 1. The van der Waals surface area contributed by atoms with E-state index in [2.05, 4.69) is 0 Å². The van der Waals surface area contributed by atoms with Crippen LogP contribution in [0.3, 0.4) is 0 Å². The van der Waals surface area contributed by atoms with Crippen LogP contribution in [0.4, 0.5) is 8.78 Å². The fourth-order valence-electron chi connectivity index (χ4n) is 1.72. The van der Waals surface area contributed by atoms with Gasteiger partial charge in [-0.05, 0) is 19.3 Å². The number of hydrogen-bond acceptors (Lipinski definition) is 2. The molecule has 0 amide bonds. The molecule has 0 bridgehead atoms. The molecule has 1 saturated carbocycles. The van der Waals surface area contributed by atoms with Gasteiger partial charge in [0.1, 0.15) is 0 Å². The third-order valence-corrected chi connectivity index (χ3v) is 2.51. The van der Waals surface area contributed by atoms with Crippen molar-refractivity contribution in [3.8, 4) is 0 Å². The van der Waals surface area contributed by atoms with Gasteiger partial charge in [0.05, 0.1) is 0 Å². The number of carbonyl (C=O) groups is 1. The van der Waals surface area contributed by atoms with E-state index in [0.29, 0.717) is 6.42 Å². The summed E-state index contributed by atoms with van der Waals surface area (Å²) >= 11 is 0. The van der Waals surface area contributed by atoms with Crippen LogP contribution in [0, 0.1) is 0 Å². The first-order chi connectivity index (χ1) is 6.46. The van der Waals surface area contributed by atoms with Gasteiger partial charge in [-0.1, -0.05) is 6.92 Å². The maximum absolute atomic E-state index is 13.3. The smallest absolute Gasteiger partial charge is 0.342 e. The molecule has 1 atom stereocenters. The summed E-state index contributed by atoms with van der Waals surface area (Å²) in [7, 11) is 0. The molecule has 0 aromatic carbocycles. The van der Waals surface area contributed by atoms with E-state index >= 15 is 0 Å². The molecule has 5 heteroatoms. The SMILES string of the molecule is CCCOC1(C(=O)O)CCCC1(F)F. The molecule has 1 rings (SSSR count). The number of alkyl halides is 2. The van der Waals surface area contributed by atoms with E-state index in [-0.39, 0.29) is 19.4 Å². The molecular formula is C9H14F2O3. The highest BCUT2D eigenvalue weighted by Crippen LogP contribution is 2.46. The second kappa shape index (κ2) is 3.81. The molecule has 1 unspecified atom stereocenters. The first-order valence-corrected chi connectivity index (χ1v) is 4.71. The van der Waals surface area contributed by atoms with Crippen LogP contribution in [0.5, 0.6) is 0 Å². The highest BCUT2D eigenvalue weighted by molar-refractivity contribution is 5.79. The Balaban J connectivity index is 2.86. The zero-order chi connectivity index (χ0) is 10.8. The first kappa shape index (κ1) is 11.4. The second-order valence-corrected chi connectivity index (χ2v) is 3.54. The Hall–Kier alpha value is -0.710. The van der Waals surface area contributed by atoms with Crippen LogP contribution in [0.15, 0.2) is 0 Å². The molecule has 0 aliphatic heterocycles. The predicted molar refractivity (Wildman–Crippen MR) is 45.4 cm³/mol. The number of hydrogen-bond donors (Lipinski definition) is 1. The van der Waals surface area contributed by atoms with Gasteiger partial charge in [-0.2, -0.15) is 0 Å². The Morgan fingerprint density at radius 1 is 1.50 bits per heavy atom. The summed E-state index contributed by atoms with van der Waals surface area (Å²) in [4.78, 5) is 10.8. The van der Waals surface area contributed by atoms with Crippen molar-refractivity contribution in [2.45, 2.75) is 44.1 Å². The van der Waals surface area contributed by atoms with Crippen LogP contribution < -0.4 is 0 Å². The van der Waals surface area contributed by atoms with Gasteiger partial charge in [-0.3, -0.25) is 0 Å². The summed E-state index contributed by atoms with van der Waals surface area (Å²) in [6, 6.07) is 0. The van der Waals surface area contributed by atoms with E-state index < -0.39 is 23.9 Å². The fraction of sp³-hybridized carbons (Fsp3) is 0.889. The summed E-state index contributed by atoms with van der Waals surface area (Å²) in [6.45, 7) is 1.81. The summed E-state index contributed by atoms with van der Waals surface area (Å²) in [5.41, 5.74) is -2.27. The average Bonchev–Trinajstić information content (AvgIpc) is 2.38. The average molecular weight is 208 g/mol. The molecule has 3 nitrogen and oxygen atoms in total. The lowest BCUT2D eigenvalue weighted by Gasteiger charge is -2.30. The minimum atomic E-state index is -3.24. The monoisotopic (exact) mass is 208 g/mol. The van der Waals surface area contributed by atoms with E-state index in [1.54, 1.807) is 6.92 Å². The van der Waals surface area contributed by atoms with E-state index in [1.807, 2.05) is 0 Å². The number of halogens is 2. The first-order valence-electron chi connectivity index (χ1n) is 4.71. The van der Waals surface area contributed by atoms with Gasteiger partial charge in [0.15, 0.2) is 0 Å². The van der Waals surface area contributed by atoms with E-state index in [4.69, 9.17) is 9.84 Å². The molecule has 0 heterocycles. The maximum Gasteiger partial charge on any atom is 0.342 e. The van der Waals surface area contributed by atoms with Crippen molar-refractivity contribution in [1.29, 1.82) is 0 Å². The Morgan fingerprint density at radius 3 is 2.50 bits per heavy atom. The van der Waals surface area contributed by atoms with Crippen molar-refractivity contribution in [1.82, 2.24) is 0 Å². The predicted octanol–water partition coefficient (Wildman–Crippen LogP) is 2.06. The molecule has 0 radical (unpaired) electrons. The van der Waals surface area contributed by atoms with Gasteiger partial charge < -0.3 is 9.84 Å². The lowest BCUT2D eigenvalue weighted by molar-refractivity contribution is -0.211. The maximum atomic E-state index is 13.3. The van der Waals surface area contributed by atoms with Gasteiger partial charge in [-0.15, -0.1) is 0 Å². The van der Waals surface area contributed by atoms with Gasteiger partial charge in [0.25, 0.3) is 5.92 Å². The molecule has 14 heavy (non-hydrogen) atoms. The van der Waals surface area contributed by atoms with Gasteiger partial charge in [-0.25, -0.2) is 13.6 Å². The zero-order valence-corrected chi connectivity index (χ0v) is 8.06. The number of rotatable bonds is 4. The molecule has 0 spiro atoms. The highest BCUT2D eigenvalue weighted by atomic mass is 19.3. The molecule has 1 aliphatic rings. The van der Waals surface area contributed by atoms with Crippen LogP contribution in [-0.4, -0.2) is 29.2 Å². The third kappa shape index (κ3) is 1.61. The zero-order valence-electron chi connectivity index (χ0n) is 8.06. The molecular weight excluding hydrogens is 194 g/mol. The molecule has 1 fully saturated rings. The van der Waals surface area contributed by atoms with E-state index in [0.717, 1.165) is 0 Å². The Kier molecular flexibility index (Phi) is 3.09. The molecule has 0 aromatic heterocycles. The van der Waals surface area contributed by atoms with Gasteiger partial charge in [0.2, 0.25) is 5.60 Å². The normalized spacial score (nSPS) is 30.5. The number of carboxylic acid groups (broad SMARTS) is 1. The highest BCUT2D eigenvalue weighted by Gasteiger charge is 2.63. The Labute approximate surface area is 81.1 Å². The van der Waals surface area contributed by atoms with Crippen LogP contribution >= 0.6 is 0 Å². The van der Waals surface area contributed by atoms with Crippen LogP contribution in [0.25, 0.3) is 0 Å². The van der Waals surface area contributed by atoms with Crippen LogP contribution in [-0.2, 0) is 9.53 Å². The lowest BCUT2D eigenvalue weighted by atomic mass is 9.99. The molecule has 1 N–H and O–H groups in total.